The summed E-state index contributed by atoms with van der Waals surface area (Å²) in [4.78, 5) is 0. The summed E-state index contributed by atoms with van der Waals surface area (Å²) in [6.07, 6.45) is -4.68. The van der Waals surface area contributed by atoms with E-state index in [1.807, 2.05) is 91.0 Å². The molecule has 6 heteroatoms. The van der Waals surface area contributed by atoms with E-state index in [-0.39, 0.29) is 13.2 Å². The van der Waals surface area contributed by atoms with E-state index in [9.17, 15) is 10.2 Å². The highest BCUT2D eigenvalue weighted by molar-refractivity contribution is 5.15. The second-order valence-electron chi connectivity index (χ2n) is 8.08. The fourth-order valence-electron chi connectivity index (χ4n) is 3.84. The van der Waals surface area contributed by atoms with Crippen molar-refractivity contribution in [2.24, 2.45) is 0 Å². The van der Waals surface area contributed by atoms with Crippen LogP contribution in [0.5, 0.6) is 0 Å². The first-order valence-corrected chi connectivity index (χ1v) is 11.1. The molecule has 0 amide bonds. The van der Waals surface area contributed by atoms with Gasteiger partial charge in [0.1, 0.15) is 24.4 Å². The zero-order chi connectivity index (χ0) is 22.9. The third-order valence-electron chi connectivity index (χ3n) is 5.60. The Bertz CT molecular complexity index is 937. The molecule has 1 aliphatic rings. The number of hydrogen-bond acceptors (Lipinski definition) is 6. The van der Waals surface area contributed by atoms with E-state index in [0.29, 0.717) is 13.2 Å². The van der Waals surface area contributed by atoms with Crippen LogP contribution in [0.3, 0.4) is 0 Å². The van der Waals surface area contributed by atoms with Gasteiger partial charge in [-0.3, -0.25) is 0 Å². The molecule has 2 N–H and O–H groups in total. The van der Waals surface area contributed by atoms with E-state index in [2.05, 4.69) is 0 Å². The topological polar surface area (TPSA) is 77.4 Å². The molecule has 174 valence electrons. The molecule has 1 aliphatic heterocycles. The lowest BCUT2D eigenvalue weighted by atomic mass is 9.98. The molecule has 0 saturated carbocycles. The van der Waals surface area contributed by atoms with E-state index >= 15 is 0 Å². The second kappa shape index (κ2) is 12.0. The van der Waals surface area contributed by atoms with Crippen molar-refractivity contribution in [3.63, 3.8) is 0 Å². The first-order valence-electron chi connectivity index (χ1n) is 11.1. The fourth-order valence-corrected chi connectivity index (χ4v) is 3.84. The number of benzene rings is 3. The van der Waals surface area contributed by atoms with Gasteiger partial charge in [0.25, 0.3) is 0 Å². The van der Waals surface area contributed by atoms with Crippen molar-refractivity contribution in [1.29, 1.82) is 0 Å². The molecular weight excluding hydrogens is 420 g/mol. The van der Waals surface area contributed by atoms with Crippen LogP contribution in [0.15, 0.2) is 91.0 Å². The molecule has 0 aliphatic carbocycles. The van der Waals surface area contributed by atoms with Crippen molar-refractivity contribution in [3.05, 3.63) is 108 Å². The minimum absolute atomic E-state index is 0.184. The van der Waals surface area contributed by atoms with Crippen molar-refractivity contribution in [1.82, 2.24) is 0 Å². The third kappa shape index (κ3) is 6.71. The Hall–Kier alpha value is -2.58. The molecule has 0 aromatic heterocycles. The molecule has 5 atom stereocenters. The largest absolute Gasteiger partial charge is 0.385 e. The van der Waals surface area contributed by atoms with Crippen LogP contribution in [0.25, 0.3) is 0 Å². The first-order chi connectivity index (χ1) is 16.2. The van der Waals surface area contributed by atoms with Crippen LogP contribution in [0.1, 0.15) is 16.7 Å². The molecule has 0 spiro atoms. The summed E-state index contributed by atoms with van der Waals surface area (Å²) in [7, 11) is 0. The molecule has 4 rings (SSSR count). The van der Waals surface area contributed by atoms with Crippen LogP contribution in [0.2, 0.25) is 0 Å². The zero-order valence-corrected chi connectivity index (χ0v) is 18.4. The number of rotatable bonds is 10. The van der Waals surface area contributed by atoms with Crippen LogP contribution in [-0.2, 0) is 38.8 Å². The summed E-state index contributed by atoms with van der Waals surface area (Å²) in [5, 5.41) is 21.1. The second-order valence-corrected chi connectivity index (χ2v) is 8.08. The zero-order valence-electron chi connectivity index (χ0n) is 18.4. The molecule has 1 saturated heterocycles. The smallest absolute Gasteiger partial charge is 0.184 e. The molecule has 3 aromatic rings. The number of ether oxygens (including phenoxy) is 4. The van der Waals surface area contributed by atoms with Crippen molar-refractivity contribution in [2.45, 2.75) is 50.5 Å². The van der Waals surface area contributed by atoms with Gasteiger partial charge in [-0.25, -0.2) is 0 Å². The van der Waals surface area contributed by atoms with Gasteiger partial charge in [0.15, 0.2) is 6.29 Å². The summed E-state index contributed by atoms with van der Waals surface area (Å²) < 4.78 is 23.9. The third-order valence-corrected chi connectivity index (χ3v) is 5.60. The predicted octanol–water partition coefficient (Wildman–Crippen LogP) is 3.45. The average Bonchev–Trinajstić information content (AvgIpc) is 2.86. The van der Waals surface area contributed by atoms with Crippen LogP contribution in [0.4, 0.5) is 0 Å². The normalized spacial score (nSPS) is 25.1. The summed E-state index contributed by atoms with van der Waals surface area (Å²) in [6.45, 7) is 1.18. The molecule has 1 heterocycles. The maximum absolute atomic E-state index is 10.7. The van der Waals surface area contributed by atoms with Gasteiger partial charge < -0.3 is 29.2 Å². The highest BCUT2D eigenvalue weighted by Crippen LogP contribution is 2.27. The Morgan fingerprint density at radius 3 is 1.58 bits per heavy atom. The van der Waals surface area contributed by atoms with Gasteiger partial charge in [-0.1, -0.05) is 91.0 Å². The molecule has 0 bridgehead atoms. The maximum Gasteiger partial charge on any atom is 0.184 e. The van der Waals surface area contributed by atoms with Crippen LogP contribution >= 0.6 is 0 Å². The van der Waals surface area contributed by atoms with E-state index < -0.39 is 30.7 Å². The summed E-state index contributed by atoms with van der Waals surface area (Å²) >= 11 is 0. The van der Waals surface area contributed by atoms with Crippen molar-refractivity contribution in [3.8, 4) is 0 Å². The van der Waals surface area contributed by atoms with E-state index in [1.165, 1.54) is 0 Å². The van der Waals surface area contributed by atoms with E-state index in [4.69, 9.17) is 18.9 Å². The lowest BCUT2D eigenvalue weighted by Gasteiger charge is -2.42. The van der Waals surface area contributed by atoms with Crippen molar-refractivity contribution in [2.75, 3.05) is 6.61 Å². The predicted molar refractivity (Wildman–Crippen MR) is 123 cm³/mol. The Morgan fingerprint density at radius 1 is 0.606 bits per heavy atom. The van der Waals surface area contributed by atoms with Gasteiger partial charge in [-0.2, -0.15) is 0 Å². The Kier molecular flexibility index (Phi) is 8.60. The van der Waals surface area contributed by atoms with Gasteiger partial charge in [-0.05, 0) is 16.7 Å². The molecule has 0 unspecified atom stereocenters. The molecular formula is C27H30O6. The summed E-state index contributed by atoms with van der Waals surface area (Å²) in [5.74, 6) is 0. The highest BCUT2D eigenvalue weighted by atomic mass is 16.7. The summed E-state index contributed by atoms with van der Waals surface area (Å²) in [6, 6.07) is 29.3. The van der Waals surface area contributed by atoms with Crippen molar-refractivity contribution < 1.29 is 29.2 Å². The Balaban J connectivity index is 1.46. The van der Waals surface area contributed by atoms with Gasteiger partial charge in [0.2, 0.25) is 0 Å². The molecule has 33 heavy (non-hydrogen) atoms. The number of hydrogen-bond donors (Lipinski definition) is 2. The van der Waals surface area contributed by atoms with Crippen LogP contribution < -0.4 is 0 Å². The van der Waals surface area contributed by atoms with E-state index in [1.54, 1.807) is 0 Å². The molecule has 1 fully saturated rings. The lowest BCUT2D eigenvalue weighted by Crippen LogP contribution is -2.60. The fraction of sp³-hybridized carbons (Fsp3) is 0.333. The van der Waals surface area contributed by atoms with Gasteiger partial charge >= 0.3 is 0 Å². The minimum Gasteiger partial charge on any atom is -0.385 e. The Labute approximate surface area is 194 Å². The van der Waals surface area contributed by atoms with Gasteiger partial charge in [0, 0.05) is 0 Å². The molecule has 0 radical (unpaired) electrons. The van der Waals surface area contributed by atoms with E-state index in [0.717, 1.165) is 16.7 Å². The SMILES string of the molecule is O[C@@H]1[C@H](OCc2ccccc2)[C@@H](OCc2ccccc2)[C@H](COCc2ccccc2)O[C@@H]1O. The van der Waals surface area contributed by atoms with Crippen LogP contribution in [-0.4, -0.2) is 47.5 Å². The number of aliphatic hydroxyl groups is 2. The van der Waals surface area contributed by atoms with Gasteiger partial charge in [0.05, 0.1) is 26.4 Å². The first kappa shape index (κ1) is 23.6. The average molecular weight is 451 g/mol. The molecule has 6 nitrogen and oxygen atoms in total. The molecule has 3 aromatic carbocycles. The Morgan fingerprint density at radius 2 is 1.06 bits per heavy atom. The van der Waals surface area contributed by atoms with Gasteiger partial charge in [-0.15, -0.1) is 0 Å². The number of aliphatic hydroxyl groups excluding tert-OH is 2. The lowest BCUT2D eigenvalue weighted by molar-refractivity contribution is -0.307. The summed E-state index contributed by atoms with van der Waals surface area (Å²) in [5.41, 5.74) is 2.99. The van der Waals surface area contributed by atoms with Crippen LogP contribution in [0, 0.1) is 0 Å². The standard InChI is InChI=1S/C27H30O6/c28-24-26(32-18-22-14-8-3-9-15-22)25(31-17-21-12-6-2-7-13-21)23(33-27(24)29)19-30-16-20-10-4-1-5-11-20/h1-15,23-29H,16-19H2/t23-,24+,25-,26-,27-/m0/s1. The highest BCUT2D eigenvalue weighted by Gasteiger charge is 2.46. The minimum atomic E-state index is -1.40. The van der Waals surface area contributed by atoms with Crippen molar-refractivity contribution >= 4 is 0 Å². The maximum atomic E-state index is 10.7. The quantitative estimate of drug-likeness (QED) is 0.493. The monoisotopic (exact) mass is 450 g/mol.